The van der Waals surface area contributed by atoms with Gasteiger partial charge in [-0.15, -0.1) is 0 Å². The predicted octanol–water partition coefficient (Wildman–Crippen LogP) is 2.42. The summed E-state index contributed by atoms with van der Waals surface area (Å²) in [5.74, 6) is -0.945. The summed E-state index contributed by atoms with van der Waals surface area (Å²) < 4.78 is 1.52. The van der Waals surface area contributed by atoms with Gasteiger partial charge >= 0.3 is 5.97 Å². The van der Waals surface area contributed by atoms with Crippen LogP contribution in [0.5, 0.6) is 0 Å². The van der Waals surface area contributed by atoms with Crippen molar-refractivity contribution in [2.24, 2.45) is 7.05 Å². The molecule has 9 heteroatoms. The first-order valence-corrected chi connectivity index (χ1v) is 5.74. The van der Waals surface area contributed by atoms with E-state index >= 15 is 0 Å². The Bertz CT molecular complexity index is 698. The summed E-state index contributed by atoms with van der Waals surface area (Å²) in [5.41, 5.74) is -0.628. The summed E-state index contributed by atoms with van der Waals surface area (Å²) >= 11 is 5.91. The molecule has 0 spiro atoms. The van der Waals surface area contributed by atoms with E-state index in [1.807, 2.05) is 0 Å². The number of hydrogen-bond acceptors (Lipinski definition) is 5. The van der Waals surface area contributed by atoms with Gasteiger partial charge in [0.15, 0.2) is 5.82 Å². The van der Waals surface area contributed by atoms with Gasteiger partial charge in [0.05, 0.1) is 21.2 Å². The molecular weight excluding hydrogens is 288 g/mol. The Morgan fingerprint density at radius 1 is 1.55 bits per heavy atom. The van der Waals surface area contributed by atoms with Crippen molar-refractivity contribution in [3.8, 4) is 0 Å². The third kappa shape index (κ3) is 2.69. The molecule has 0 aliphatic rings. The Labute approximate surface area is 117 Å². The molecule has 2 rings (SSSR count). The number of non-ortho nitro benzene ring substituents is 1. The third-order valence-electron chi connectivity index (χ3n) is 2.48. The number of benzene rings is 1. The molecule has 0 radical (unpaired) electrons. The highest BCUT2D eigenvalue weighted by molar-refractivity contribution is 6.34. The van der Waals surface area contributed by atoms with Gasteiger partial charge in [-0.2, -0.15) is 5.10 Å². The molecule has 0 unspecified atom stereocenters. The van der Waals surface area contributed by atoms with Crippen LogP contribution in [-0.2, 0) is 7.05 Å². The van der Waals surface area contributed by atoms with Crippen LogP contribution >= 0.6 is 11.6 Å². The van der Waals surface area contributed by atoms with Gasteiger partial charge < -0.3 is 10.4 Å². The number of rotatable bonds is 4. The van der Waals surface area contributed by atoms with E-state index in [1.54, 1.807) is 19.3 Å². The average Bonchev–Trinajstić information content (AvgIpc) is 2.76. The van der Waals surface area contributed by atoms with E-state index in [0.29, 0.717) is 5.82 Å². The molecule has 104 valence electrons. The highest BCUT2D eigenvalue weighted by atomic mass is 35.5. The van der Waals surface area contributed by atoms with Gasteiger partial charge in [0.1, 0.15) is 0 Å². The fourth-order valence-corrected chi connectivity index (χ4v) is 1.86. The number of aryl methyl sites for hydroxylation is 1. The zero-order chi connectivity index (χ0) is 14.9. The highest BCUT2D eigenvalue weighted by Crippen LogP contribution is 2.33. The van der Waals surface area contributed by atoms with Crippen molar-refractivity contribution < 1.29 is 14.8 Å². The number of aromatic carboxylic acids is 1. The number of carboxylic acids is 1. The van der Waals surface area contributed by atoms with Crippen LogP contribution in [-0.4, -0.2) is 25.8 Å². The Morgan fingerprint density at radius 2 is 2.25 bits per heavy atom. The van der Waals surface area contributed by atoms with E-state index in [9.17, 15) is 14.9 Å². The van der Waals surface area contributed by atoms with Crippen molar-refractivity contribution in [3.63, 3.8) is 0 Å². The average molecular weight is 297 g/mol. The number of carbonyl (C=O) groups is 1. The van der Waals surface area contributed by atoms with Crippen molar-refractivity contribution in [3.05, 3.63) is 45.1 Å². The van der Waals surface area contributed by atoms with Crippen LogP contribution < -0.4 is 5.32 Å². The molecule has 0 aliphatic heterocycles. The summed E-state index contributed by atoms with van der Waals surface area (Å²) in [5, 5.41) is 26.6. The molecule has 8 nitrogen and oxygen atoms in total. The number of nitrogens with zero attached hydrogens (tertiary/aromatic N) is 3. The monoisotopic (exact) mass is 296 g/mol. The number of hydrogen-bond donors (Lipinski definition) is 2. The Morgan fingerprint density at radius 3 is 2.75 bits per heavy atom. The minimum atomic E-state index is -1.32. The second kappa shape index (κ2) is 5.17. The molecule has 1 aromatic carbocycles. The topological polar surface area (TPSA) is 110 Å². The zero-order valence-electron chi connectivity index (χ0n) is 10.2. The lowest BCUT2D eigenvalue weighted by atomic mass is 10.1. The second-order valence-corrected chi connectivity index (χ2v) is 4.32. The van der Waals surface area contributed by atoms with E-state index < -0.39 is 10.9 Å². The Hall–Kier alpha value is -2.61. The fourth-order valence-electron chi connectivity index (χ4n) is 1.60. The molecule has 1 heterocycles. The normalized spacial score (nSPS) is 10.3. The van der Waals surface area contributed by atoms with Crippen LogP contribution in [0.2, 0.25) is 5.02 Å². The van der Waals surface area contributed by atoms with E-state index in [1.165, 1.54) is 4.68 Å². The molecule has 20 heavy (non-hydrogen) atoms. The van der Waals surface area contributed by atoms with E-state index in [4.69, 9.17) is 16.7 Å². The summed E-state index contributed by atoms with van der Waals surface area (Å²) in [6.45, 7) is 0. The molecule has 0 bridgehead atoms. The quantitative estimate of drug-likeness (QED) is 0.662. The first-order valence-electron chi connectivity index (χ1n) is 5.36. The van der Waals surface area contributed by atoms with Gasteiger partial charge in [0.25, 0.3) is 5.69 Å². The summed E-state index contributed by atoms with van der Waals surface area (Å²) in [6.07, 6.45) is 1.65. The standard InChI is InChI=1S/C11H9ClN4O4/c1-15-3-2-9(14-15)13-10-7(11(17)18)4-6(16(19)20)5-8(10)12/h2-5H,1H3,(H,13,14)(H,17,18). The SMILES string of the molecule is Cn1ccc(Nc2c(Cl)cc([N+](=O)[O-])cc2C(=O)O)n1. The van der Waals surface area contributed by atoms with Crippen LogP contribution in [0.1, 0.15) is 10.4 Å². The summed E-state index contributed by atoms with van der Waals surface area (Å²) in [7, 11) is 1.70. The first-order chi connectivity index (χ1) is 9.38. The largest absolute Gasteiger partial charge is 0.478 e. The minimum absolute atomic E-state index is 0.0588. The van der Waals surface area contributed by atoms with Gasteiger partial charge in [-0.3, -0.25) is 14.8 Å². The molecule has 0 amide bonds. The van der Waals surface area contributed by atoms with Gasteiger partial charge in [-0.05, 0) is 0 Å². The lowest BCUT2D eigenvalue weighted by Gasteiger charge is -2.09. The Balaban J connectivity index is 2.51. The van der Waals surface area contributed by atoms with Gasteiger partial charge in [-0.25, -0.2) is 4.79 Å². The summed E-state index contributed by atoms with van der Waals surface area (Å²) in [4.78, 5) is 21.2. The molecule has 1 aromatic heterocycles. The predicted molar refractivity (Wildman–Crippen MR) is 71.6 cm³/mol. The lowest BCUT2D eigenvalue weighted by Crippen LogP contribution is -2.05. The van der Waals surface area contributed by atoms with Crippen LogP contribution in [0, 0.1) is 10.1 Å². The fraction of sp³-hybridized carbons (Fsp3) is 0.0909. The van der Waals surface area contributed by atoms with Crippen molar-refractivity contribution in [2.45, 2.75) is 0 Å². The molecule has 0 saturated heterocycles. The molecule has 2 N–H and O–H groups in total. The Kier molecular flexibility index (Phi) is 3.57. The van der Waals surface area contributed by atoms with Crippen LogP contribution in [0.25, 0.3) is 0 Å². The number of halogens is 1. The molecule has 0 atom stereocenters. The van der Waals surface area contributed by atoms with Crippen molar-refractivity contribution in [1.29, 1.82) is 0 Å². The number of aromatic nitrogens is 2. The molecule has 0 aliphatic carbocycles. The summed E-state index contributed by atoms with van der Waals surface area (Å²) in [6, 6.07) is 3.64. The number of anilines is 2. The van der Waals surface area contributed by atoms with Gasteiger partial charge in [0, 0.05) is 31.4 Å². The van der Waals surface area contributed by atoms with E-state index in [-0.39, 0.29) is 22.0 Å². The maximum Gasteiger partial charge on any atom is 0.338 e. The molecule has 0 saturated carbocycles. The van der Waals surface area contributed by atoms with Crippen LogP contribution in [0.3, 0.4) is 0 Å². The number of nitrogens with one attached hydrogen (secondary N) is 1. The first kappa shape index (κ1) is 13.8. The van der Waals surface area contributed by atoms with Gasteiger partial charge in [-0.1, -0.05) is 11.6 Å². The minimum Gasteiger partial charge on any atom is -0.478 e. The number of nitro benzene ring substituents is 1. The molecule has 0 fully saturated rings. The number of carboxylic acid groups (broad SMARTS) is 1. The van der Waals surface area contributed by atoms with Crippen LogP contribution in [0.15, 0.2) is 24.4 Å². The van der Waals surface area contributed by atoms with E-state index in [0.717, 1.165) is 12.1 Å². The second-order valence-electron chi connectivity index (χ2n) is 3.91. The van der Waals surface area contributed by atoms with E-state index in [2.05, 4.69) is 10.4 Å². The highest BCUT2D eigenvalue weighted by Gasteiger charge is 2.20. The lowest BCUT2D eigenvalue weighted by molar-refractivity contribution is -0.384. The molecule has 2 aromatic rings. The van der Waals surface area contributed by atoms with Crippen molar-refractivity contribution in [1.82, 2.24) is 9.78 Å². The van der Waals surface area contributed by atoms with Gasteiger partial charge in [0.2, 0.25) is 0 Å². The zero-order valence-corrected chi connectivity index (χ0v) is 11.0. The molecular formula is C11H9ClN4O4. The smallest absolute Gasteiger partial charge is 0.338 e. The third-order valence-corrected chi connectivity index (χ3v) is 2.78. The number of nitro groups is 1. The maximum absolute atomic E-state index is 11.2. The van der Waals surface area contributed by atoms with Crippen molar-refractivity contribution >= 4 is 34.8 Å². The van der Waals surface area contributed by atoms with Crippen LogP contribution in [0.4, 0.5) is 17.2 Å². The van der Waals surface area contributed by atoms with Crippen molar-refractivity contribution in [2.75, 3.05) is 5.32 Å². The maximum atomic E-state index is 11.2.